The average Bonchev–Trinajstić information content (AvgIpc) is 2.72. The number of hydrogen-bond donors (Lipinski definition) is 0. The first-order valence-electron chi connectivity index (χ1n) is 9.95. The Bertz CT molecular complexity index is 754. The van der Waals surface area contributed by atoms with Crippen LogP contribution in [0.4, 0.5) is 0 Å². The molecule has 1 fully saturated rings. The van der Waals surface area contributed by atoms with Crippen LogP contribution >= 0.6 is 0 Å². The number of benzene rings is 2. The SMILES string of the molecule is CCc1ccc(OCOC)c(/C(=C/C2CCCCN2C)c2ccccc2)c1. The summed E-state index contributed by atoms with van der Waals surface area (Å²) in [6.07, 6.45) is 7.21. The van der Waals surface area contributed by atoms with Crippen LogP contribution in [-0.2, 0) is 11.2 Å². The zero-order valence-corrected chi connectivity index (χ0v) is 16.8. The molecule has 0 bridgehead atoms. The van der Waals surface area contributed by atoms with Crippen LogP contribution in [-0.4, -0.2) is 38.4 Å². The molecular formula is C24H31NO2. The van der Waals surface area contributed by atoms with Gasteiger partial charge in [0.2, 0.25) is 0 Å². The van der Waals surface area contributed by atoms with Crippen molar-refractivity contribution >= 4 is 5.57 Å². The van der Waals surface area contributed by atoms with Crippen LogP contribution < -0.4 is 4.74 Å². The maximum Gasteiger partial charge on any atom is 0.188 e. The molecule has 0 saturated carbocycles. The first-order chi connectivity index (χ1) is 13.2. The number of aryl methyl sites for hydroxylation is 1. The van der Waals surface area contributed by atoms with Gasteiger partial charge in [-0.05, 0) is 61.7 Å². The highest BCUT2D eigenvalue weighted by Crippen LogP contribution is 2.34. The Hall–Kier alpha value is -2.10. The lowest BCUT2D eigenvalue weighted by Crippen LogP contribution is -2.34. The molecule has 1 atom stereocenters. The van der Waals surface area contributed by atoms with Gasteiger partial charge in [-0.3, -0.25) is 4.90 Å². The summed E-state index contributed by atoms with van der Waals surface area (Å²) in [5.41, 5.74) is 4.94. The van der Waals surface area contributed by atoms with Gasteiger partial charge in [-0.25, -0.2) is 0 Å². The van der Waals surface area contributed by atoms with Gasteiger partial charge < -0.3 is 9.47 Å². The molecule has 144 valence electrons. The topological polar surface area (TPSA) is 21.7 Å². The van der Waals surface area contributed by atoms with Crippen molar-refractivity contribution in [3.05, 3.63) is 71.3 Å². The van der Waals surface area contributed by atoms with Gasteiger partial charge in [0.15, 0.2) is 6.79 Å². The molecule has 1 unspecified atom stereocenters. The minimum absolute atomic E-state index is 0.254. The molecule has 3 rings (SSSR count). The maximum atomic E-state index is 5.93. The van der Waals surface area contributed by atoms with Crippen molar-refractivity contribution < 1.29 is 9.47 Å². The Morgan fingerprint density at radius 2 is 1.96 bits per heavy atom. The lowest BCUT2D eigenvalue weighted by molar-refractivity contribution is 0.0509. The highest BCUT2D eigenvalue weighted by molar-refractivity contribution is 5.83. The number of piperidine rings is 1. The van der Waals surface area contributed by atoms with Crippen molar-refractivity contribution in [1.29, 1.82) is 0 Å². The molecule has 0 spiro atoms. The van der Waals surface area contributed by atoms with Crippen molar-refractivity contribution in [3.8, 4) is 5.75 Å². The molecule has 27 heavy (non-hydrogen) atoms. The summed E-state index contributed by atoms with van der Waals surface area (Å²) in [6.45, 7) is 3.60. The Balaban J connectivity index is 2.09. The van der Waals surface area contributed by atoms with Gasteiger partial charge in [0.1, 0.15) is 5.75 Å². The Morgan fingerprint density at radius 1 is 1.15 bits per heavy atom. The summed E-state index contributed by atoms with van der Waals surface area (Å²) in [4.78, 5) is 2.46. The number of nitrogens with zero attached hydrogens (tertiary/aromatic N) is 1. The minimum atomic E-state index is 0.254. The minimum Gasteiger partial charge on any atom is -0.467 e. The number of ether oxygens (including phenoxy) is 2. The van der Waals surface area contributed by atoms with E-state index in [1.54, 1.807) is 7.11 Å². The zero-order valence-electron chi connectivity index (χ0n) is 16.8. The van der Waals surface area contributed by atoms with E-state index >= 15 is 0 Å². The summed E-state index contributed by atoms with van der Waals surface area (Å²) in [5.74, 6) is 0.877. The zero-order chi connectivity index (χ0) is 19.1. The third-order valence-corrected chi connectivity index (χ3v) is 5.35. The summed E-state index contributed by atoms with van der Waals surface area (Å²) in [6, 6.07) is 17.6. The molecule has 3 heteroatoms. The quantitative estimate of drug-likeness (QED) is 0.634. The van der Waals surface area contributed by atoms with Gasteiger partial charge in [-0.2, -0.15) is 0 Å². The molecule has 1 heterocycles. The molecular weight excluding hydrogens is 334 g/mol. The number of rotatable bonds is 7. The van der Waals surface area contributed by atoms with E-state index in [-0.39, 0.29) is 6.79 Å². The number of methoxy groups -OCH3 is 1. The van der Waals surface area contributed by atoms with Gasteiger partial charge >= 0.3 is 0 Å². The summed E-state index contributed by atoms with van der Waals surface area (Å²) < 4.78 is 11.1. The molecule has 1 aliphatic rings. The maximum absolute atomic E-state index is 5.93. The van der Waals surface area contributed by atoms with Crippen molar-refractivity contribution in [3.63, 3.8) is 0 Å². The van der Waals surface area contributed by atoms with Crippen molar-refractivity contribution in [2.75, 3.05) is 27.5 Å². The molecule has 1 saturated heterocycles. The van der Waals surface area contributed by atoms with E-state index in [0.717, 1.165) is 24.3 Å². The van der Waals surface area contributed by atoms with Crippen molar-refractivity contribution in [2.24, 2.45) is 0 Å². The van der Waals surface area contributed by atoms with Crippen molar-refractivity contribution in [2.45, 2.75) is 38.6 Å². The lowest BCUT2D eigenvalue weighted by atomic mass is 9.91. The highest BCUT2D eigenvalue weighted by Gasteiger charge is 2.20. The lowest BCUT2D eigenvalue weighted by Gasteiger charge is -2.31. The third kappa shape index (κ3) is 5.00. The number of likely N-dealkylation sites (N-methyl/N-ethyl adjacent to an activating group) is 1. The monoisotopic (exact) mass is 365 g/mol. The van der Waals surface area contributed by atoms with Gasteiger partial charge in [0.05, 0.1) is 0 Å². The van der Waals surface area contributed by atoms with E-state index < -0.39 is 0 Å². The van der Waals surface area contributed by atoms with Crippen LogP contribution in [0.2, 0.25) is 0 Å². The third-order valence-electron chi connectivity index (χ3n) is 5.35. The molecule has 0 amide bonds. The summed E-state index contributed by atoms with van der Waals surface area (Å²) in [7, 11) is 3.89. The van der Waals surface area contributed by atoms with E-state index in [4.69, 9.17) is 9.47 Å². The Labute approximate surface area is 163 Å². The van der Waals surface area contributed by atoms with Crippen LogP contribution in [0.15, 0.2) is 54.6 Å². The van der Waals surface area contributed by atoms with E-state index in [1.165, 1.54) is 36.0 Å². The molecule has 2 aromatic rings. The van der Waals surface area contributed by atoms with Gasteiger partial charge in [-0.1, -0.05) is 55.8 Å². The fraction of sp³-hybridized carbons (Fsp3) is 0.417. The predicted molar refractivity (Wildman–Crippen MR) is 112 cm³/mol. The van der Waals surface area contributed by atoms with Crippen LogP contribution in [0.1, 0.15) is 42.9 Å². The van der Waals surface area contributed by atoms with E-state index in [1.807, 2.05) is 0 Å². The molecule has 3 nitrogen and oxygen atoms in total. The van der Waals surface area contributed by atoms with Crippen LogP contribution in [0.3, 0.4) is 0 Å². The highest BCUT2D eigenvalue weighted by atomic mass is 16.7. The normalized spacial score (nSPS) is 18.5. The summed E-state index contributed by atoms with van der Waals surface area (Å²) in [5, 5.41) is 0. The Kier molecular flexibility index (Phi) is 7.08. The second kappa shape index (κ2) is 9.72. The average molecular weight is 366 g/mol. The molecule has 0 N–H and O–H groups in total. The molecule has 0 radical (unpaired) electrons. The Morgan fingerprint density at radius 3 is 2.67 bits per heavy atom. The van der Waals surface area contributed by atoms with Crippen LogP contribution in [0, 0.1) is 0 Å². The first kappa shape index (κ1) is 19.7. The number of hydrogen-bond acceptors (Lipinski definition) is 3. The largest absolute Gasteiger partial charge is 0.467 e. The molecule has 1 aliphatic heterocycles. The van der Waals surface area contributed by atoms with Gasteiger partial charge in [-0.15, -0.1) is 0 Å². The van der Waals surface area contributed by atoms with Gasteiger partial charge in [0, 0.05) is 18.7 Å². The van der Waals surface area contributed by atoms with E-state index in [9.17, 15) is 0 Å². The molecule has 0 aliphatic carbocycles. The van der Waals surface area contributed by atoms with Crippen LogP contribution in [0.25, 0.3) is 5.57 Å². The van der Waals surface area contributed by atoms with E-state index in [2.05, 4.69) is 73.5 Å². The van der Waals surface area contributed by atoms with Gasteiger partial charge in [0.25, 0.3) is 0 Å². The molecule has 0 aromatic heterocycles. The number of likely N-dealkylation sites (tertiary alicyclic amines) is 1. The summed E-state index contributed by atoms with van der Waals surface area (Å²) >= 11 is 0. The van der Waals surface area contributed by atoms with Crippen LogP contribution in [0.5, 0.6) is 5.75 Å². The first-order valence-corrected chi connectivity index (χ1v) is 9.95. The fourth-order valence-corrected chi connectivity index (χ4v) is 3.72. The predicted octanol–water partition coefficient (Wildman–Crippen LogP) is 5.15. The smallest absolute Gasteiger partial charge is 0.188 e. The second-order valence-corrected chi connectivity index (χ2v) is 7.23. The molecule has 2 aromatic carbocycles. The second-order valence-electron chi connectivity index (χ2n) is 7.23. The van der Waals surface area contributed by atoms with E-state index in [0.29, 0.717) is 6.04 Å². The van der Waals surface area contributed by atoms with Crippen molar-refractivity contribution in [1.82, 2.24) is 4.90 Å². The fourth-order valence-electron chi connectivity index (χ4n) is 3.72. The standard InChI is InChI=1S/C24H31NO2/c1-4-19-13-14-24(27-18-26-3)23(16-19)22(20-10-6-5-7-11-20)17-21-12-8-9-15-25(21)2/h5-7,10-11,13-14,16-17,21H,4,8-9,12,15,18H2,1-3H3/b22-17+.